The van der Waals surface area contributed by atoms with Crippen molar-refractivity contribution in [1.29, 1.82) is 0 Å². The first-order valence-electron chi connectivity index (χ1n) is 8.37. The van der Waals surface area contributed by atoms with Crippen LogP contribution in [0.2, 0.25) is 0 Å². The number of rotatable bonds is 5. The first-order chi connectivity index (χ1) is 12.2. The van der Waals surface area contributed by atoms with Crippen molar-refractivity contribution in [2.45, 2.75) is 38.1 Å². The Morgan fingerprint density at radius 2 is 1.84 bits per heavy atom. The van der Waals surface area contributed by atoms with E-state index in [2.05, 4.69) is 15.6 Å². The van der Waals surface area contributed by atoms with Crippen LogP contribution < -0.4 is 15.4 Å². The third-order valence-corrected chi connectivity index (χ3v) is 5.01. The lowest BCUT2D eigenvalue weighted by molar-refractivity contribution is 0.0922. The van der Waals surface area contributed by atoms with Crippen LogP contribution in [0.5, 0.6) is 5.75 Å². The molecule has 0 radical (unpaired) electrons. The Bertz CT molecular complexity index is 736. The molecule has 1 heterocycles. The monoisotopic (exact) mass is 359 g/mol. The second kappa shape index (κ2) is 8.11. The van der Waals surface area contributed by atoms with Crippen LogP contribution in [-0.4, -0.2) is 29.9 Å². The van der Waals surface area contributed by atoms with Crippen LogP contribution in [0.25, 0.3) is 0 Å². The van der Waals surface area contributed by atoms with Gasteiger partial charge in [0.15, 0.2) is 5.13 Å². The molecule has 1 fully saturated rings. The molecule has 0 aliphatic heterocycles. The molecule has 1 aliphatic rings. The number of hydrogen-bond acceptors (Lipinski definition) is 5. The van der Waals surface area contributed by atoms with Crippen LogP contribution in [-0.2, 0) is 0 Å². The Balaban J connectivity index is 1.58. The van der Waals surface area contributed by atoms with Crippen molar-refractivity contribution in [3.8, 4) is 5.75 Å². The Morgan fingerprint density at radius 1 is 1.12 bits per heavy atom. The SMILES string of the molecule is COc1ccc(C(=O)Nc2nc(C(=O)NC3CCCCC3)cs2)cc1. The third kappa shape index (κ3) is 4.57. The summed E-state index contributed by atoms with van der Waals surface area (Å²) in [6.45, 7) is 0. The fourth-order valence-electron chi connectivity index (χ4n) is 2.85. The van der Waals surface area contributed by atoms with Gasteiger partial charge in [-0.25, -0.2) is 4.98 Å². The van der Waals surface area contributed by atoms with Crippen molar-refractivity contribution >= 4 is 28.3 Å². The van der Waals surface area contributed by atoms with Crippen molar-refractivity contribution in [2.75, 3.05) is 12.4 Å². The van der Waals surface area contributed by atoms with Gasteiger partial charge in [0.25, 0.3) is 11.8 Å². The van der Waals surface area contributed by atoms with E-state index in [4.69, 9.17) is 4.74 Å². The summed E-state index contributed by atoms with van der Waals surface area (Å²) >= 11 is 1.24. The molecule has 3 rings (SSSR count). The smallest absolute Gasteiger partial charge is 0.271 e. The highest BCUT2D eigenvalue weighted by molar-refractivity contribution is 7.14. The summed E-state index contributed by atoms with van der Waals surface area (Å²) in [5.74, 6) is 0.247. The summed E-state index contributed by atoms with van der Waals surface area (Å²) in [7, 11) is 1.57. The molecule has 1 aliphatic carbocycles. The van der Waals surface area contributed by atoms with Crippen LogP contribution in [0.4, 0.5) is 5.13 Å². The second-order valence-electron chi connectivity index (χ2n) is 6.03. The number of amides is 2. The fourth-order valence-corrected chi connectivity index (χ4v) is 3.54. The highest BCUT2D eigenvalue weighted by Crippen LogP contribution is 2.20. The number of methoxy groups -OCH3 is 1. The maximum Gasteiger partial charge on any atom is 0.271 e. The molecular formula is C18H21N3O3S. The van der Waals surface area contributed by atoms with Gasteiger partial charge in [-0.2, -0.15) is 0 Å². The standard InChI is InChI=1S/C18H21N3O3S/c1-24-14-9-7-12(8-10-14)16(22)21-18-20-15(11-25-18)17(23)19-13-5-3-2-4-6-13/h7-11,13H,2-6H2,1H3,(H,19,23)(H,20,21,22). The number of benzene rings is 1. The van der Waals surface area contributed by atoms with Crippen molar-refractivity contribution in [3.05, 3.63) is 40.9 Å². The maximum absolute atomic E-state index is 12.3. The summed E-state index contributed by atoms with van der Waals surface area (Å²) in [6.07, 6.45) is 5.61. The van der Waals surface area contributed by atoms with Crippen molar-refractivity contribution < 1.29 is 14.3 Å². The number of hydrogen-bond donors (Lipinski definition) is 2. The molecule has 25 heavy (non-hydrogen) atoms. The minimum atomic E-state index is -0.267. The topological polar surface area (TPSA) is 80.3 Å². The van der Waals surface area contributed by atoms with E-state index in [0.717, 1.165) is 25.7 Å². The predicted molar refractivity (Wildman–Crippen MR) is 97.4 cm³/mol. The number of thiazole rings is 1. The van der Waals surface area contributed by atoms with Gasteiger partial charge >= 0.3 is 0 Å². The summed E-state index contributed by atoms with van der Waals surface area (Å²) in [4.78, 5) is 28.7. The quantitative estimate of drug-likeness (QED) is 0.857. The summed E-state index contributed by atoms with van der Waals surface area (Å²) in [5.41, 5.74) is 0.852. The molecule has 0 bridgehead atoms. The number of carbonyl (C=O) groups excluding carboxylic acids is 2. The normalized spacial score (nSPS) is 14.8. The highest BCUT2D eigenvalue weighted by Gasteiger charge is 2.19. The average Bonchev–Trinajstić information content (AvgIpc) is 3.11. The first kappa shape index (κ1) is 17.4. The number of nitrogens with zero attached hydrogens (tertiary/aromatic N) is 1. The van der Waals surface area contributed by atoms with Gasteiger partial charge in [0.05, 0.1) is 7.11 Å². The van der Waals surface area contributed by atoms with E-state index in [0.29, 0.717) is 22.1 Å². The molecular weight excluding hydrogens is 338 g/mol. The number of aromatic nitrogens is 1. The lowest BCUT2D eigenvalue weighted by atomic mass is 9.95. The van der Waals surface area contributed by atoms with Gasteiger partial charge in [-0.3, -0.25) is 14.9 Å². The number of anilines is 1. The van der Waals surface area contributed by atoms with Gasteiger partial charge in [0, 0.05) is 17.0 Å². The van der Waals surface area contributed by atoms with Crippen LogP contribution in [0, 0.1) is 0 Å². The zero-order valence-electron chi connectivity index (χ0n) is 14.1. The molecule has 6 nitrogen and oxygen atoms in total. The Hall–Kier alpha value is -2.41. The minimum Gasteiger partial charge on any atom is -0.497 e. The Kier molecular flexibility index (Phi) is 5.65. The van der Waals surface area contributed by atoms with Crippen LogP contribution in [0.15, 0.2) is 29.6 Å². The molecule has 0 saturated heterocycles. The zero-order valence-corrected chi connectivity index (χ0v) is 14.9. The lowest BCUT2D eigenvalue weighted by Gasteiger charge is -2.22. The third-order valence-electron chi connectivity index (χ3n) is 4.25. The lowest BCUT2D eigenvalue weighted by Crippen LogP contribution is -2.36. The number of carbonyl (C=O) groups is 2. The van der Waals surface area contributed by atoms with Crippen molar-refractivity contribution in [3.63, 3.8) is 0 Å². The molecule has 7 heteroatoms. The molecule has 1 aromatic heterocycles. The zero-order chi connectivity index (χ0) is 17.6. The van der Waals surface area contributed by atoms with E-state index in [1.54, 1.807) is 36.8 Å². The van der Waals surface area contributed by atoms with Gasteiger partial charge < -0.3 is 10.1 Å². The van der Waals surface area contributed by atoms with E-state index in [1.165, 1.54) is 17.8 Å². The molecule has 132 valence electrons. The molecule has 0 atom stereocenters. The largest absolute Gasteiger partial charge is 0.497 e. The van der Waals surface area contributed by atoms with E-state index in [1.807, 2.05) is 0 Å². The number of nitrogens with one attached hydrogen (secondary N) is 2. The predicted octanol–water partition coefficient (Wildman–Crippen LogP) is 3.47. The first-order valence-corrected chi connectivity index (χ1v) is 9.25. The fraction of sp³-hybridized carbons (Fsp3) is 0.389. The van der Waals surface area contributed by atoms with Crippen LogP contribution >= 0.6 is 11.3 Å². The Labute approximate surface area is 150 Å². The van der Waals surface area contributed by atoms with Gasteiger partial charge in [-0.05, 0) is 37.1 Å². The molecule has 1 aromatic carbocycles. The Morgan fingerprint density at radius 3 is 2.52 bits per heavy atom. The minimum absolute atomic E-state index is 0.173. The maximum atomic E-state index is 12.3. The highest BCUT2D eigenvalue weighted by atomic mass is 32.1. The number of ether oxygens (including phenoxy) is 1. The van der Waals surface area contributed by atoms with E-state index in [-0.39, 0.29) is 17.9 Å². The van der Waals surface area contributed by atoms with Gasteiger partial charge in [-0.15, -0.1) is 11.3 Å². The van der Waals surface area contributed by atoms with Crippen molar-refractivity contribution in [1.82, 2.24) is 10.3 Å². The molecule has 2 aromatic rings. The summed E-state index contributed by atoms with van der Waals surface area (Å²) in [5, 5.41) is 7.83. The van der Waals surface area contributed by atoms with Gasteiger partial charge in [-0.1, -0.05) is 19.3 Å². The second-order valence-corrected chi connectivity index (χ2v) is 6.89. The van der Waals surface area contributed by atoms with E-state index in [9.17, 15) is 9.59 Å². The average molecular weight is 359 g/mol. The molecule has 2 amide bonds. The molecule has 0 unspecified atom stereocenters. The van der Waals surface area contributed by atoms with Crippen LogP contribution in [0.3, 0.4) is 0 Å². The van der Waals surface area contributed by atoms with E-state index >= 15 is 0 Å². The summed E-state index contributed by atoms with van der Waals surface area (Å²) in [6, 6.07) is 7.04. The summed E-state index contributed by atoms with van der Waals surface area (Å²) < 4.78 is 5.07. The van der Waals surface area contributed by atoms with E-state index < -0.39 is 0 Å². The molecule has 2 N–H and O–H groups in total. The van der Waals surface area contributed by atoms with Gasteiger partial charge in [0.1, 0.15) is 11.4 Å². The molecule has 1 saturated carbocycles. The van der Waals surface area contributed by atoms with Crippen LogP contribution in [0.1, 0.15) is 53.0 Å². The molecule has 0 spiro atoms. The van der Waals surface area contributed by atoms with Gasteiger partial charge in [0.2, 0.25) is 0 Å². The van der Waals surface area contributed by atoms with Crippen molar-refractivity contribution in [2.24, 2.45) is 0 Å².